The van der Waals surface area contributed by atoms with Crippen LogP contribution in [0.4, 0.5) is 0 Å². The van der Waals surface area contributed by atoms with Gasteiger partial charge in [0.15, 0.2) is 0 Å². The van der Waals surface area contributed by atoms with Crippen molar-refractivity contribution in [3.63, 3.8) is 0 Å². The zero-order valence-corrected chi connectivity index (χ0v) is 12.7. The molecular formula is C15H16ClN3O3. The highest BCUT2D eigenvalue weighted by atomic mass is 35.5. The molecule has 1 atom stereocenters. The number of rotatable bonds is 5. The number of carbonyl (C=O) groups excluding carboxylic acids is 1. The molecule has 116 valence electrons. The van der Waals surface area contributed by atoms with Crippen molar-refractivity contribution in [2.45, 2.75) is 31.9 Å². The van der Waals surface area contributed by atoms with Crippen molar-refractivity contribution in [1.82, 2.24) is 15.5 Å². The highest BCUT2D eigenvalue weighted by molar-refractivity contribution is 6.30. The maximum Gasteiger partial charge on any atom is 0.246 e. The van der Waals surface area contributed by atoms with Gasteiger partial charge in [-0.2, -0.15) is 4.98 Å². The summed E-state index contributed by atoms with van der Waals surface area (Å²) in [6.45, 7) is 0.948. The second kappa shape index (κ2) is 6.89. The fourth-order valence-corrected chi connectivity index (χ4v) is 2.52. The third-order valence-electron chi connectivity index (χ3n) is 3.42. The van der Waals surface area contributed by atoms with E-state index in [9.17, 15) is 4.79 Å². The number of ether oxygens (including phenoxy) is 1. The largest absolute Gasteiger partial charge is 0.378 e. The van der Waals surface area contributed by atoms with E-state index in [1.807, 2.05) is 12.1 Å². The van der Waals surface area contributed by atoms with E-state index < -0.39 is 0 Å². The van der Waals surface area contributed by atoms with Crippen LogP contribution in [0.25, 0.3) is 11.4 Å². The molecule has 1 N–H and O–H groups in total. The van der Waals surface area contributed by atoms with E-state index in [0.29, 0.717) is 23.2 Å². The van der Waals surface area contributed by atoms with Gasteiger partial charge in [-0.3, -0.25) is 4.79 Å². The van der Waals surface area contributed by atoms with Gasteiger partial charge in [-0.05, 0) is 25.0 Å². The number of carbonyl (C=O) groups is 1. The summed E-state index contributed by atoms with van der Waals surface area (Å²) in [4.78, 5) is 16.0. The Labute approximate surface area is 132 Å². The Balaban J connectivity index is 1.54. The van der Waals surface area contributed by atoms with E-state index in [2.05, 4.69) is 15.5 Å². The van der Waals surface area contributed by atoms with E-state index in [-0.39, 0.29) is 18.6 Å². The lowest BCUT2D eigenvalue weighted by Crippen LogP contribution is -2.26. The Morgan fingerprint density at radius 1 is 1.45 bits per heavy atom. The quantitative estimate of drug-likeness (QED) is 0.915. The third kappa shape index (κ3) is 3.84. The Hall–Kier alpha value is -1.92. The van der Waals surface area contributed by atoms with Crippen LogP contribution in [0, 0.1) is 0 Å². The predicted molar refractivity (Wildman–Crippen MR) is 80.2 cm³/mol. The van der Waals surface area contributed by atoms with Crippen LogP contribution in [-0.2, 0) is 16.1 Å². The van der Waals surface area contributed by atoms with Gasteiger partial charge in [0.1, 0.15) is 0 Å². The van der Waals surface area contributed by atoms with Crippen molar-refractivity contribution in [2.75, 3.05) is 6.61 Å². The number of aromatic nitrogens is 2. The molecule has 1 aromatic carbocycles. The van der Waals surface area contributed by atoms with Gasteiger partial charge in [0.05, 0.1) is 19.1 Å². The van der Waals surface area contributed by atoms with Gasteiger partial charge in [0, 0.05) is 17.2 Å². The first-order valence-corrected chi connectivity index (χ1v) is 7.55. The molecule has 0 saturated carbocycles. The molecule has 2 aromatic rings. The minimum absolute atomic E-state index is 0.0321. The van der Waals surface area contributed by atoms with Crippen LogP contribution in [0.3, 0.4) is 0 Å². The fourth-order valence-electron chi connectivity index (χ4n) is 2.33. The predicted octanol–water partition coefficient (Wildman–Crippen LogP) is 2.58. The van der Waals surface area contributed by atoms with Crippen LogP contribution in [-0.4, -0.2) is 28.8 Å². The molecule has 7 heteroatoms. The smallest absolute Gasteiger partial charge is 0.246 e. The SMILES string of the molecule is O=C(C[C@@H]1CCCO1)NCc1nc(-c2cccc(Cl)c2)no1. The van der Waals surface area contributed by atoms with Gasteiger partial charge < -0.3 is 14.6 Å². The highest BCUT2D eigenvalue weighted by Gasteiger charge is 2.19. The van der Waals surface area contributed by atoms with Crippen molar-refractivity contribution < 1.29 is 14.1 Å². The van der Waals surface area contributed by atoms with Crippen molar-refractivity contribution in [1.29, 1.82) is 0 Å². The van der Waals surface area contributed by atoms with E-state index in [1.54, 1.807) is 12.1 Å². The molecule has 0 unspecified atom stereocenters. The van der Waals surface area contributed by atoms with Crippen molar-refractivity contribution in [3.05, 3.63) is 35.2 Å². The maximum absolute atomic E-state index is 11.8. The average Bonchev–Trinajstić information content (AvgIpc) is 3.16. The molecule has 1 fully saturated rings. The first kappa shape index (κ1) is 15.0. The van der Waals surface area contributed by atoms with Crippen LogP contribution < -0.4 is 5.32 Å². The summed E-state index contributed by atoms with van der Waals surface area (Å²) in [5.74, 6) is 0.732. The number of amides is 1. The zero-order valence-electron chi connectivity index (χ0n) is 11.9. The molecular weight excluding hydrogens is 306 g/mol. The molecule has 2 heterocycles. The van der Waals surface area contributed by atoms with Gasteiger partial charge in [0.25, 0.3) is 0 Å². The summed E-state index contributed by atoms with van der Waals surface area (Å²) in [6, 6.07) is 7.19. The van der Waals surface area contributed by atoms with Gasteiger partial charge in [-0.25, -0.2) is 0 Å². The first-order valence-electron chi connectivity index (χ1n) is 7.17. The number of nitrogens with one attached hydrogen (secondary N) is 1. The molecule has 1 aromatic heterocycles. The number of hydrogen-bond donors (Lipinski definition) is 1. The van der Waals surface area contributed by atoms with E-state index in [4.69, 9.17) is 20.9 Å². The lowest BCUT2D eigenvalue weighted by Gasteiger charge is -2.08. The molecule has 0 radical (unpaired) electrons. The molecule has 22 heavy (non-hydrogen) atoms. The summed E-state index contributed by atoms with van der Waals surface area (Å²) in [5.41, 5.74) is 0.771. The van der Waals surface area contributed by atoms with Crippen LogP contribution in [0.15, 0.2) is 28.8 Å². The van der Waals surface area contributed by atoms with Crippen molar-refractivity contribution in [2.24, 2.45) is 0 Å². The molecule has 0 spiro atoms. The number of nitrogens with zero attached hydrogens (tertiary/aromatic N) is 2. The highest BCUT2D eigenvalue weighted by Crippen LogP contribution is 2.20. The Morgan fingerprint density at radius 3 is 3.14 bits per heavy atom. The molecule has 1 aliphatic heterocycles. The van der Waals surface area contributed by atoms with E-state index in [0.717, 1.165) is 25.0 Å². The topological polar surface area (TPSA) is 77.2 Å². The van der Waals surface area contributed by atoms with Crippen molar-refractivity contribution in [3.8, 4) is 11.4 Å². The van der Waals surface area contributed by atoms with E-state index >= 15 is 0 Å². The molecule has 3 rings (SSSR count). The summed E-state index contributed by atoms with van der Waals surface area (Å²) in [7, 11) is 0. The second-order valence-corrected chi connectivity index (χ2v) is 5.57. The molecule has 0 aliphatic carbocycles. The number of halogens is 1. The molecule has 6 nitrogen and oxygen atoms in total. The Morgan fingerprint density at radius 2 is 2.36 bits per heavy atom. The molecule has 0 bridgehead atoms. The van der Waals surface area contributed by atoms with Crippen molar-refractivity contribution >= 4 is 17.5 Å². The van der Waals surface area contributed by atoms with E-state index in [1.165, 1.54) is 0 Å². The molecule has 1 aliphatic rings. The van der Waals surface area contributed by atoms with Crippen LogP contribution in [0.1, 0.15) is 25.2 Å². The Kier molecular flexibility index (Phi) is 4.70. The summed E-state index contributed by atoms with van der Waals surface area (Å²) in [6.07, 6.45) is 2.36. The summed E-state index contributed by atoms with van der Waals surface area (Å²) >= 11 is 5.93. The lowest BCUT2D eigenvalue weighted by atomic mass is 10.2. The first-order chi connectivity index (χ1) is 10.7. The van der Waals surface area contributed by atoms with Gasteiger partial charge in [-0.15, -0.1) is 0 Å². The summed E-state index contributed by atoms with van der Waals surface area (Å²) in [5, 5.41) is 7.25. The van der Waals surface area contributed by atoms with Gasteiger partial charge >= 0.3 is 0 Å². The summed E-state index contributed by atoms with van der Waals surface area (Å²) < 4.78 is 10.6. The number of benzene rings is 1. The van der Waals surface area contributed by atoms with Crippen LogP contribution >= 0.6 is 11.6 Å². The monoisotopic (exact) mass is 321 g/mol. The average molecular weight is 322 g/mol. The second-order valence-electron chi connectivity index (χ2n) is 5.14. The maximum atomic E-state index is 11.8. The standard InChI is InChI=1S/C15H16ClN3O3/c16-11-4-1-3-10(7-11)15-18-14(22-19-15)9-17-13(20)8-12-5-2-6-21-12/h1,3-4,7,12H,2,5-6,8-9H2,(H,17,20)/t12-/m0/s1. The molecule has 1 amide bonds. The van der Waals surface area contributed by atoms with Gasteiger partial charge in [-0.1, -0.05) is 28.9 Å². The van der Waals surface area contributed by atoms with Gasteiger partial charge in [0.2, 0.25) is 17.6 Å². The zero-order chi connectivity index (χ0) is 15.4. The third-order valence-corrected chi connectivity index (χ3v) is 3.66. The van der Waals surface area contributed by atoms with Crippen LogP contribution in [0.5, 0.6) is 0 Å². The normalized spacial score (nSPS) is 17.6. The minimum Gasteiger partial charge on any atom is -0.378 e. The fraction of sp³-hybridized carbons (Fsp3) is 0.400. The molecule has 1 saturated heterocycles. The van der Waals surface area contributed by atoms with Crippen LogP contribution in [0.2, 0.25) is 5.02 Å². The minimum atomic E-state index is -0.0746. The number of hydrogen-bond acceptors (Lipinski definition) is 5. The lowest BCUT2D eigenvalue weighted by molar-refractivity contribution is -0.123. The Bertz CT molecular complexity index is 653.